The van der Waals surface area contributed by atoms with Crippen LogP contribution in [0.1, 0.15) is 89.8 Å². The van der Waals surface area contributed by atoms with E-state index >= 15 is 0 Å². The highest BCUT2D eigenvalue weighted by molar-refractivity contribution is 6.03. The Morgan fingerprint density at radius 1 is 0.734 bits per heavy atom. The maximum absolute atomic E-state index is 13.7. The van der Waals surface area contributed by atoms with Crippen LogP contribution in [0.5, 0.6) is 0 Å². The van der Waals surface area contributed by atoms with Crippen molar-refractivity contribution >= 4 is 68.3 Å². The number of aryl methyl sites for hydroxylation is 1. The SMILES string of the molecule is C[C@@H](Nc1cc(F)cc(F)c1)c1cc(C(=O)N(C)C)cc2c(=O)cc(N3CCOCC3)oc12.Cc1c(Cc2c(CO)nc3c(N)cc(N4CCOCC4)nn23)cccc1C(F)(F)F.Cc1c(Cn2c(C)nc3c(C(=O)O)cc(N4CCOCC4)cc32)cccc1C(F)(F)F. The molecule has 0 spiro atoms. The number of carboxylic acids is 1. The van der Waals surface area contributed by atoms with Crippen LogP contribution in [0.4, 0.5) is 63.9 Å². The Hall–Kier alpha value is -9.38. The third-order valence-electron chi connectivity index (χ3n) is 16.6. The number of ether oxygens (including phenoxy) is 3. The molecular weight excluding hydrogens is 1240 g/mol. The van der Waals surface area contributed by atoms with Gasteiger partial charge in [-0.05, 0) is 98.5 Å². The number of aromatic nitrogens is 5. The summed E-state index contributed by atoms with van der Waals surface area (Å²) in [5, 5.41) is 27.5. The lowest BCUT2D eigenvalue weighted by molar-refractivity contribution is -0.138. The molecule has 0 bridgehead atoms. The number of morpholine rings is 3. The number of nitrogens with one attached hydrogen (secondary N) is 1. The lowest BCUT2D eigenvalue weighted by atomic mass is 9.98. The zero-order valence-electron chi connectivity index (χ0n) is 52.2. The first-order valence-corrected chi connectivity index (χ1v) is 30.1. The minimum Gasteiger partial charge on any atom is -0.478 e. The first kappa shape index (κ1) is 67.5. The number of aromatic carboxylic acids is 1. The summed E-state index contributed by atoms with van der Waals surface area (Å²) in [5.41, 5.74) is 10.5. The van der Waals surface area contributed by atoms with Crippen LogP contribution >= 0.6 is 0 Å². The second-order valence-electron chi connectivity index (χ2n) is 23.0. The fraction of sp³-hybridized carbons (Fsp3) is 0.364. The molecule has 5 aromatic carbocycles. The third kappa shape index (κ3) is 14.8. The number of carbonyl (C=O) groups excluding carboxylic acids is 1. The standard InChI is InChI=1S/C24H25F2N3O4.C22H22F3N3O3.C20H22F3N5O2/c1-14(27-18-11-16(25)10-17(26)12-18)19-8-15(24(31)28(2)3)9-20-21(30)13-22(33-23(19)20)29-4-6-32-7-5-29;1-13-15(4-3-5-18(13)22(23,24)25)12-28-14(2)26-20-17(21(29)30)10-16(11-19(20)28)27-6-8-31-9-7-27;1-12-13(3-2-4-14(12)20(21,22)23)9-17-16(11-29)25-19-15(24)10-18(26-28(17)19)27-5-7-30-8-6-27/h8-14,27H,4-7H2,1-3H3;3-5,10-11H,6-9,12H2,1-2H3,(H,29,30);2-4,10,29H,5-9,11,24H2,1H3/t14-;;/m1../s1. The van der Waals surface area contributed by atoms with Gasteiger partial charge in [0.25, 0.3) is 5.91 Å². The molecule has 0 aliphatic carbocycles. The molecule has 28 heteroatoms. The second-order valence-corrected chi connectivity index (χ2v) is 23.0. The number of carboxylic acid groups (broad SMARTS) is 1. The molecule has 4 aromatic heterocycles. The van der Waals surface area contributed by atoms with Crippen molar-refractivity contribution in [3.8, 4) is 0 Å². The van der Waals surface area contributed by atoms with E-state index in [2.05, 4.69) is 20.4 Å². The molecule has 9 aromatic rings. The average Bonchev–Trinajstić information content (AvgIpc) is 1.45. The summed E-state index contributed by atoms with van der Waals surface area (Å²) in [4.78, 5) is 53.9. The first-order chi connectivity index (χ1) is 44.7. The lowest BCUT2D eigenvalue weighted by Gasteiger charge is -2.29. The molecule has 0 saturated carbocycles. The number of nitrogen functional groups attached to an aromatic ring is 1. The topological polar surface area (TPSA) is 232 Å². The fourth-order valence-electron chi connectivity index (χ4n) is 11.6. The van der Waals surface area contributed by atoms with E-state index in [1.54, 1.807) is 62.8 Å². The largest absolute Gasteiger partial charge is 0.478 e. The highest BCUT2D eigenvalue weighted by Gasteiger charge is 2.35. The van der Waals surface area contributed by atoms with Gasteiger partial charge in [-0.2, -0.15) is 26.3 Å². The number of hydrogen-bond acceptors (Lipinski definition) is 16. The molecule has 3 aliphatic rings. The third-order valence-corrected chi connectivity index (χ3v) is 16.6. The van der Waals surface area contributed by atoms with E-state index in [4.69, 9.17) is 24.4 Å². The summed E-state index contributed by atoms with van der Waals surface area (Å²) in [7, 11) is 3.24. The summed E-state index contributed by atoms with van der Waals surface area (Å²) >= 11 is 0. The molecule has 20 nitrogen and oxygen atoms in total. The number of aliphatic hydroxyl groups excluding tert-OH is 1. The van der Waals surface area contributed by atoms with Gasteiger partial charge in [-0.15, -0.1) is 5.10 Å². The van der Waals surface area contributed by atoms with Gasteiger partial charge in [-0.1, -0.05) is 24.3 Å². The van der Waals surface area contributed by atoms with Crippen molar-refractivity contribution in [1.82, 2.24) is 29.0 Å². The maximum atomic E-state index is 13.7. The predicted octanol–water partition coefficient (Wildman–Crippen LogP) is 10.6. The van der Waals surface area contributed by atoms with Crippen LogP contribution in [0, 0.1) is 32.4 Å². The summed E-state index contributed by atoms with van der Waals surface area (Å²) in [6.45, 7) is 13.2. The van der Waals surface area contributed by atoms with Crippen LogP contribution < -0.4 is 31.2 Å². The van der Waals surface area contributed by atoms with Crippen molar-refractivity contribution in [2.75, 3.05) is 119 Å². The summed E-state index contributed by atoms with van der Waals surface area (Å²) in [6.07, 6.45) is -8.75. The van der Waals surface area contributed by atoms with E-state index in [1.807, 2.05) is 20.8 Å². The molecule has 3 aliphatic heterocycles. The molecule has 94 heavy (non-hydrogen) atoms. The molecule has 5 N–H and O–H groups in total. The fourth-order valence-corrected chi connectivity index (χ4v) is 11.6. The van der Waals surface area contributed by atoms with Crippen LogP contribution in [-0.4, -0.2) is 144 Å². The minimum atomic E-state index is -4.44. The normalized spacial score (nSPS) is 15.0. The number of benzene rings is 5. The Morgan fingerprint density at radius 2 is 1.31 bits per heavy atom. The van der Waals surface area contributed by atoms with Gasteiger partial charge in [-0.3, -0.25) is 9.59 Å². The van der Waals surface area contributed by atoms with Crippen molar-refractivity contribution < 1.29 is 73.6 Å². The van der Waals surface area contributed by atoms with Crippen molar-refractivity contribution in [2.24, 2.45) is 0 Å². The number of nitrogens with zero attached hydrogens (tertiary/aromatic N) is 9. The van der Waals surface area contributed by atoms with Gasteiger partial charge in [-0.25, -0.2) is 28.1 Å². The quantitative estimate of drug-likeness (QED) is 0.0786. The van der Waals surface area contributed by atoms with Gasteiger partial charge in [0.15, 0.2) is 22.8 Å². The number of halogens is 8. The van der Waals surface area contributed by atoms with Gasteiger partial charge in [0.2, 0.25) is 0 Å². The molecule has 498 valence electrons. The number of carbonyl (C=O) groups is 2. The first-order valence-electron chi connectivity index (χ1n) is 30.1. The van der Waals surface area contributed by atoms with Crippen LogP contribution in [0.25, 0.3) is 27.6 Å². The molecule has 0 radical (unpaired) electrons. The Bertz CT molecular complexity index is 4320. The maximum Gasteiger partial charge on any atom is 0.416 e. The highest BCUT2D eigenvalue weighted by atomic mass is 19.4. The molecular formula is C66H69F8N11O9. The number of anilines is 5. The molecule has 3 fully saturated rings. The van der Waals surface area contributed by atoms with E-state index in [0.717, 1.165) is 23.9 Å². The van der Waals surface area contributed by atoms with Gasteiger partial charge in [0, 0.05) is 107 Å². The van der Waals surface area contributed by atoms with Crippen LogP contribution in [0.15, 0.2) is 100 Å². The van der Waals surface area contributed by atoms with Gasteiger partial charge in [0.05, 0.1) is 97.0 Å². The molecule has 1 amide bonds. The number of imidazole rings is 2. The van der Waals surface area contributed by atoms with E-state index < -0.39 is 47.1 Å². The number of amides is 1. The number of rotatable bonds is 13. The lowest BCUT2D eigenvalue weighted by Crippen LogP contribution is -2.37. The van der Waals surface area contributed by atoms with Crippen LogP contribution in [-0.2, 0) is 46.1 Å². The number of fused-ring (bicyclic) bond motifs is 3. The Kier molecular flexibility index (Phi) is 20.2. The predicted molar refractivity (Wildman–Crippen MR) is 337 cm³/mol. The zero-order chi connectivity index (χ0) is 67.5. The Labute approximate surface area is 533 Å². The van der Waals surface area contributed by atoms with Crippen molar-refractivity contribution in [1.29, 1.82) is 0 Å². The van der Waals surface area contributed by atoms with Crippen molar-refractivity contribution in [3.05, 3.63) is 180 Å². The summed E-state index contributed by atoms with van der Waals surface area (Å²) in [6, 6.07) is 20.5. The molecule has 12 rings (SSSR count). The number of hydrogen-bond donors (Lipinski definition) is 4. The average molecular weight is 1310 g/mol. The van der Waals surface area contributed by atoms with Gasteiger partial charge in [0.1, 0.15) is 28.6 Å². The number of alkyl halides is 6. The van der Waals surface area contributed by atoms with Gasteiger partial charge < -0.3 is 64.1 Å². The number of aliphatic hydroxyl groups is 1. The molecule has 7 heterocycles. The zero-order valence-corrected chi connectivity index (χ0v) is 52.2. The van der Waals surface area contributed by atoms with Crippen molar-refractivity contribution in [3.63, 3.8) is 0 Å². The molecule has 0 unspecified atom stereocenters. The number of nitrogens with two attached hydrogens (primary N) is 1. The van der Waals surface area contributed by atoms with E-state index in [0.29, 0.717) is 158 Å². The Balaban J connectivity index is 0.000000154. The molecule has 3 saturated heterocycles. The van der Waals surface area contributed by atoms with Crippen LogP contribution in [0.2, 0.25) is 0 Å². The van der Waals surface area contributed by atoms with Crippen molar-refractivity contribution in [2.45, 2.75) is 65.7 Å². The smallest absolute Gasteiger partial charge is 0.416 e. The Morgan fingerprint density at radius 3 is 1.88 bits per heavy atom. The minimum absolute atomic E-state index is 0.0709. The van der Waals surface area contributed by atoms with Crippen LogP contribution in [0.3, 0.4) is 0 Å². The highest BCUT2D eigenvalue weighted by Crippen LogP contribution is 2.37. The van der Waals surface area contributed by atoms with E-state index in [-0.39, 0.29) is 58.7 Å². The van der Waals surface area contributed by atoms with E-state index in [1.165, 1.54) is 59.7 Å². The summed E-state index contributed by atoms with van der Waals surface area (Å²) in [5.74, 6) is -1.23. The summed E-state index contributed by atoms with van der Waals surface area (Å²) < 4.78 is 133. The second kappa shape index (κ2) is 28.1. The molecule has 1 atom stereocenters. The van der Waals surface area contributed by atoms with E-state index in [9.17, 15) is 59.7 Å². The van der Waals surface area contributed by atoms with Gasteiger partial charge >= 0.3 is 18.3 Å². The monoisotopic (exact) mass is 1310 g/mol.